The number of hydrogen-bond acceptors (Lipinski definition) is 3. The van der Waals surface area contributed by atoms with E-state index in [1.807, 2.05) is 6.92 Å². The number of rotatable bonds is 4. The van der Waals surface area contributed by atoms with Crippen LogP contribution in [0.5, 0.6) is 11.5 Å². The smallest absolute Gasteiger partial charge is 0.197 e. The lowest BCUT2D eigenvalue weighted by molar-refractivity contribution is 0.103. The van der Waals surface area contributed by atoms with E-state index in [0.717, 1.165) is 11.6 Å². The monoisotopic (exact) mass is 308 g/mol. The number of hydrogen-bond donors (Lipinski definition) is 0. The third-order valence-electron chi connectivity index (χ3n) is 3.09. The minimum absolute atomic E-state index is 0.113. The van der Waals surface area contributed by atoms with Crippen LogP contribution in [-0.2, 0) is 0 Å². The van der Waals surface area contributed by atoms with Crippen LogP contribution in [-0.4, -0.2) is 20.0 Å². The molecule has 0 unspecified atom stereocenters. The van der Waals surface area contributed by atoms with Gasteiger partial charge in [-0.15, -0.1) is 0 Å². The molecule has 5 heteroatoms. The van der Waals surface area contributed by atoms with Crippen molar-refractivity contribution in [1.29, 1.82) is 0 Å². The second-order valence-electron chi connectivity index (χ2n) is 4.50. The van der Waals surface area contributed by atoms with E-state index in [0.29, 0.717) is 0 Å². The highest BCUT2D eigenvalue weighted by atomic mass is 35.5. The summed E-state index contributed by atoms with van der Waals surface area (Å²) in [6.07, 6.45) is 0. The van der Waals surface area contributed by atoms with Crippen LogP contribution in [0.3, 0.4) is 0 Å². The molecule has 0 aliphatic heterocycles. The maximum Gasteiger partial charge on any atom is 0.197 e. The number of aryl methyl sites for hydroxylation is 1. The lowest BCUT2D eigenvalue weighted by Gasteiger charge is -2.11. The van der Waals surface area contributed by atoms with Crippen LogP contribution in [0.15, 0.2) is 30.3 Å². The first kappa shape index (κ1) is 15.3. The maximum absolute atomic E-state index is 14.1. The van der Waals surface area contributed by atoms with Crippen molar-refractivity contribution in [3.05, 3.63) is 57.9 Å². The molecule has 3 nitrogen and oxygen atoms in total. The van der Waals surface area contributed by atoms with Crippen molar-refractivity contribution in [2.75, 3.05) is 14.2 Å². The molecule has 110 valence electrons. The number of methoxy groups -OCH3 is 2. The number of ketones is 1. The normalized spacial score (nSPS) is 10.3. The Morgan fingerprint density at radius 3 is 2.24 bits per heavy atom. The van der Waals surface area contributed by atoms with Crippen LogP contribution in [0, 0.1) is 12.7 Å². The summed E-state index contributed by atoms with van der Waals surface area (Å²) in [5.41, 5.74) is 1.05. The Kier molecular flexibility index (Phi) is 4.48. The molecule has 0 radical (unpaired) electrons. The van der Waals surface area contributed by atoms with Crippen molar-refractivity contribution in [1.82, 2.24) is 0 Å². The highest BCUT2D eigenvalue weighted by Crippen LogP contribution is 2.31. The Morgan fingerprint density at radius 1 is 1.05 bits per heavy atom. The average molecular weight is 309 g/mol. The summed E-state index contributed by atoms with van der Waals surface area (Å²) < 4.78 is 24.2. The van der Waals surface area contributed by atoms with E-state index in [9.17, 15) is 9.18 Å². The van der Waals surface area contributed by atoms with Gasteiger partial charge in [-0.1, -0.05) is 17.7 Å². The molecule has 0 amide bonds. The van der Waals surface area contributed by atoms with Crippen LogP contribution in [0.4, 0.5) is 4.39 Å². The number of halogens is 2. The van der Waals surface area contributed by atoms with E-state index >= 15 is 0 Å². The van der Waals surface area contributed by atoms with Crippen molar-refractivity contribution >= 4 is 17.4 Å². The first-order valence-corrected chi connectivity index (χ1v) is 6.58. The molecule has 2 aromatic carbocycles. The Labute approximate surface area is 127 Å². The first-order chi connectivity index (χ1) is 9.97. The largest absolute Gasteiger partial charge is 0.493 e. The van der Waals surface area contributed by atoms with Gasteiger partial charge in [-0.05, 0) is 30.7 Å². The summed E-state index contributed by atoms with van der Waals surface area (Å²) >= 11 is 6.06. The van der Waals surface area contributed by atoms with Crippen LogP contribution < -0.4 is 9.47 Å². The molecule has 0 saturated carbocycles. The fraction of sp³-hybridized carbons (Fsp3) is 0.188. The molecule has 0 aromatic heterocycles. The van der Waals surface area contributed by atoms with Crippen molar-refractivity contribution < 1.29 is 18.7 Å². The molecule has 0 heterocycles. The minimum atomic E-state index is -0.686. The van der Waals surface area contributed by atoms with Gasteiger partial charge in [-0.25, -0.2) is 4.39 Å². The summed E-state index contributed by atoms with van der Waals surface area (Å²) in [4.78, 5) is 12.4. The van der Waals surface area contributed by atoms with E-state index in [2.05, 4.69) is 0 Å². The Balaban J connectivity index is 2.53. The number of carbonyl (C=O) groups excluding carboxylic acids is 1. The summed E-state index contributed by atoms with van der Waals surface area (Å²) in [6, 6.07) is 7.42. The Morgan fingerprint density at radius 2 is 1.67 bits per heavy atom. The average Bonchev–Trinajstić information content (AvgIpc) is 2.46. The third kappa shape index (κ3) is 3.00. The molecule has 0 N–H and O–H groups in total. The van der Waals surface area contributed by atoms with Crippen molar-refractivity contribution in [2.45, 2.75) is 6.92 Å². The van der Waals surface area contributed by atoms with Gasteiger partial charge in [0.2, 0.25) is 0 Å². The predicted octanol–water partition coefficient (Wildman–Crippen LogP) is 4.04. The molecular weight excluding hydrogens is 295 g/mol. The van der Waals surface area contributed by atoms with Gasteiger partial charge in [0.05, 0.1) is 24.8 Å². The van der Waals surface area contributed by atoms with Gasteiger partial charge in [0.1, 0.15) is 5.82 Å². The molecule has 0 bridgehead atoms. The SMILES string of the molecule is COc1cc(F)c(C(=O)c2ccc(C)cc2Cl)cc1OC. The zero-order valence-corrected chi connectivity index (χ0v) is 12.6. The Bertz CT molecular complexity index is 698. The zero-order chi connectivity index (χ0) is 15.6. The van der Waals surface area contributed by atoms with Gasteiger partial charge in [-0.3, -0.25) is 4.79 Å². The fourth-order valence-electron chi connectivity index (χ4n) is 1.98. The first-order valence-electron chi connectivity index (χ1n) is 6.20. The van der Waals surface area contributed by atoms with E-state index in [1.54, 1.807) is 18.2 Å². The van der Waals surface area contributed by atoms with Gasteiger partial charge in [0, 0.05) is 11.6 Å². The maximum atomic E-state index is 14.1. The number of carbonyl (C=O) groups is 1. The van der Waals surface area contributed by atoms with Gasteiger partial charge in [0.25, 0.3) is 0 Å². The van der Waals surface area contributed by atoms with E-state index in [-0.39, 0.29) is 27.6 Å². The standard InChI is InChI=1S/C16H14ClFO3/c1-9-4-5-10(12(17)6-9)16(19)11-7-14(20-2)15(21-3)8-13(11)18/h4-8H,1-3H3. The molecule has 0 fully saturated rings. The third-order valence-corrected chi connectivity index (χ3v) is 3.40. The second-order valence-corrected chi connectivity index (χ2v) is 4.91. The van der Waals surface area contributed by atoms with Crippen LogP contribution in [0.1, 0.15) is 21.5 Å². The van der Waals surface area contributed by atoms with E-state index in [1.165, 1.54) is 20.3 Å². The summed E-state index contributed by atoms with van der Waals surface area (Å²) in [6.45, 7) is 1.86. The predicted molar refractivity (Wildman–Crippen MR) is 79.1 cm³/mol. The zero-order valence-electron chi connectivity index (χ0n) is 11.9. The molecule has 0 saturated heterocycles. The van der Waals surface area contributed by atoms with Crippen molar-refractivity contribution in [3.8, 4) is 11.5 Å². The molecule has 21 heavy (non-hydrogen) atoms. The summed E-state index contributed by atoms with van der Waals surface area (Å²) in [5, 5.41) is 0.286. The molecule has 2 rings (SSSR count). The summed E-state index contributed by atoms with van der Waals surface area (Å²) in [5.74, 6) is -0.681. The van der Waals surface area contributed by atoms with Crippen LogP contribution >= 0.6 is 11.6 Å². The van der Waals surface area contributed by atoms with Crippen LogP contribution in [0.25, 0.3) is 0 Å². The molecule has 0 spiro atoms. The van der Waals surface area contributed by atoms with Gasteiger partial charge < -0.3 is 9.47 Å². The number of benzene rings is 2. The summed E-state index contributed by atoms with van der Waals surface area (Å²) in [7, 11) is 2.82. The highest BCUT2D eigenvalue weighted by molar-refractivity contribution is 6.35. The van der Waals surface area contributed by atoms with Gasteiger partial charge >= 0.3 is 0 Å². The second kappa shape index (κ2) is 6.14. The lowest BCUT2D eigenvalue weighted by atomic mass is 10.0. The molecule has 2 aromatic rings. The quantitative estimate of drug-likeness (QED) is 0.800. The Hall–Kier alpha value is -2.07. The molecular formula is C16H14ClFO3. The van der Waals surface area contributed by atoms with Crippen molar-refractivity contribution in [2.24, 2.45) is 0 Å². The van der Waals surface area contributed by atoms with Gasteiger partial charge in [0.15, 0.2) is 17.3 Å². The van der Waals surface area contributed by atoms with Gasteiger partial charge in [-0.2, -0.15) is 0 Å². The molecule has 0 atom stereocenters. The highest BCUT2D eigenvalue weighted by Gasteiger charge is 2.20. The topological polar surface area (TPSA) is 35.5 Å². The van der Waals surface area contributed by atoms with Crippen LogP contribution in [0.2, 0.25) is 5.02 Å². The minimum Gasteiger partial charge on any atom is -0.493 e. The number of ether oxygens (including phenoxy) is 2. The molecule has 0 aliphatic rings. The van der Waals surface area contributed by atoms with E-state index < -0.39 is 11.6 Å². The van der Waals surface area contributed by atoms with E-state index in [4.69, 9.17) is 21.1 Å². The lowest BCUT2D eigenvalue weighted by Crippen LogP contribution is -2.06. The fourth-order valence-corrected chi connectivity index (χ4v) is 2.30. The molecule has 0 aliphatic carbocycles. The van der Waals surface area contributed by atoms with Crippen molar-refractivity contribution in [3.63, 3.8) is 0 Å².